The molecule has 0 spiro atoms. The van der Waals surface area contributed by atoms with Crippen LogP contribution in [0.25, 0.3) is 16.6 Å². The summed E-state index contributed by atoms with van der Waals surface area (Å²) in [6.07, 6.45) is -7.06. The molecule has 2 amide bonds. The smallest absolute Gasteiger partial charge is 0.394 e. The lowest BCUT2D eigenvalue weighted by molar-refractivity contribution is -0.325. The van der Waals surface area contributed by atoms with Crippen LogP contribution in [0.5, 0.6) is 0 Å². The summed E-state index contributed by atoms with van der Waals surface area (Å²) < 4.78 is 82.0. The van der Waals surface area contributed by atoms with Gasteiger partial charge in [-0.1, -0.05) is 0 Å². The van der Waals surface area contributed by atoms with Crippen molar-refractivity contribution >= 4 is 17.3 Å². The standard InChI is InChI=1S/C20H17F6N5O4/c21-19(22,23)15-14(10-1-3-31-13(5-10)8-29-17(31)16(27)33)6-11(7-28-15)18(34)30-12(9-32)2-4-35-20(24,25)26/h1,3,5-8,12,32H,2,4,9H2,(H2,27,33)(H,30,34)/t12-/m0/s1. The molecule has 0 saturated heterocycles. The largest absolute Gasteiger partial charge is 0.522 e. The van der Waals surface area contributed by atoms with Crippen molar-refractivity contribution in [1.82, 2.24) is 19.7 Å². The molecule has 0 unspecified atom stereocenters. The van der Waals surface area contributed by atoms with E-state index in [1.165, 1.54) is 28.9 Å². The number of primary amides is 1. The summed E-state index contributed by atoms with van der Waals surface area (Å²) in [7, 11) is 0. The van der Waals surface area contributed by atoms with Crippen molar-refractivity contribution in [2.45, 2.75) is 25.0 Å². The SMILES string of the molecule is NC(=O)c1ncc2cc(-c3cc(C(=O)N[C@H](CO)CCOC(F)(F)F)cnc3C(F)(F)F)ccn12. The van der Waals surface area contributed by atoms with Gasteiger partial charge in [-0.3, -0.25) is 23.7 Å². The molecule has 188 valence electrons. The van der Waals surface area contributed by atoms with Gasteiger partial charge >= 0.3 is 12.5 Å². The second kappa shape index (κ2) is 9.87. The van der Waals surface area contributed by atoms with Crippen molar-refractivity contribution in [3.8, 4) is 11.1 Å². The minimum Gasteiger partial charge on any atom is -0.394 e. The average Bonchev–Trinajstić information content (AvgIpc) is 3.20. The van der Waals surface area contributed by atoms with Crippen LogP contribution < -0.4 is 11.1 Å². The molecular weight excluding hydrogens is 488 g/mol. The van der Waals surface area contributed by atoms with E-state index in [2.05, 4.69) is 20.0 Å². The van der Waals surface area contributed by atoms with E-state index in [0.717, 1.165) is 6.07 Å². The maximum atomic E-state index is 13.6. The molecule has 9 nitrogen and oxygen atoms in total. The molecule has 15 heteroatoms. The van der Waals surface area contributed by atoms with Gasteiger partial charge in [-0.05, 0) is 30.2 Å². The van der Waals surface area contributed by atoms with Crippen molar-refractivity contribution in [3.05, 3.63) is 53.9 Å². The van der Waals surface area contributed by atoms with E-state index in [1.807, 2.05) is 0 Å². The molecule has 3 aromatic heterocycles. The Morgan fingerprint density at radius 1 is 1.14 bits per heavy atom. The number of halogens is 6. The molecule has 0 aliphatic rings. The Morgan fingerprint density at radius 3 is 2.46 bits per heavy atom. The highest BCUT2D eigenvalue weighted by Gasteiger charge is 2.36. The minimum absolute atomic E-state index is 0.0137. The second-order valence-electron chi connectivity index (χ2n) is 7.21. The molecule has 35 heavy (non-hydrogen) atoms. The molecule has 0 saturated carbocycles. The normalized spacial score (nSPS) is 13.1. The molecule has 0 aromatic carbocycles. The van der Waals surface area contributed by atoms with Crippen molar-refractivity contribution in [1.29, 1.82) is 0 Å². The number of pyridine rings is 2. The molecule has 3 aromatic rings. The van der Waals surface area contributed by atoms with E-state index >= 15 is 0 Å². The Hall–Kier alpha value is -3.72. The highest BCUT2D eigenvalue weighted by Crippen LogP contribution is 2.36. The number of amides is 2. The second-order valence-corrected chi connectivity index (χ2v) is 7.21. The molecule has 0 aliphatic heterocycles. The van der Waals surface area contributed by atoms with Crippen LogP contribution in [0.15, 0.2) is 36.8 Å². The van der Waals surface area contributed by atoms with Gasteiger partial charge in [0.05, 0.1) is 36.5 Å². The molecular formula is C20H17F6N5O4. The number of rotatable bonds is 8. The Labute approximate surface area is 192 Å². The fourth-order valence-corrected chi connectivity index (χ4v) is 3.18. The summed E-state index contributed by atoms with van der Waals surface area (Å²) in [6, 6.07) is 2.26. The number of aliphatic hydroxyl groups is 1. The first-order valence-electron chi connectivity index (χ1n) is 9.77. The number of alkyl halides is 6. The van der Waals surface area contributed by atoms with Crippen LogP contribution in [0.4, 0.5) is 26.3 Å². The monoisotopic (exact) mass is 505 g/mol. The molecule has 1 atom stereocenters. The van der Waals surface area contributed by atoms with Crippen molar-refractivity contribution in [3.63, 3.8) is 0 Å². The van der Waals surface area contributed by atoms with Gasteiger partial charge in [0.25, 0.3) is 11.8 Å². The van der Waals surface area contributed by atoms with Gasteiger partial charge in [0, 0.05) is 18.0 Å². The van der Waals surface area contributed by atoms with Crippen LogP contribution in [0, 0.1) is 0 Å². The number of carbonyl (C=O) groups is 2. The lowest BCUT2D eigenvalue weighted by Crippen LogP contribution is -2.38. The number of ether oxygens (including phenoxy) is 1. The van der Waals surface area contributed by atoms with Gasteiger partial charge in [0.15, 0.2) is 5.69 Å². The quantitative estimate of drug-likeness (QED) is 0.403. The predicted octanol–water partition coefficient (Wildman–Crippen LogP) is 2.53. The Balaban J connectivity index is 1.92. The number of imidazole rings is 1. The van der Waals surface area contributed by atoms with Crippen LogP contribution in [0.3, 0.4) is 0 Å². The van der Waals surface area contributed by atoms with Crippen LogP contribution in [0.2, 0.25) is 0 Å². The predicted molar refractivity (Wildman–Crippen MR) is 107 cm³/mol. The van der Waals surface area contributed by atoms with E-state index < -0.39 is 61.3 Å². The molecule has 3 rings (SSSR count). The molecule has 0 radical (unpaired) electrons. The zero-order valence-corrected chi connectivity index (χ0v) is 17.5. The summed E-state index contributed by atoms with van der Waals surface area (Å²) in [5.74, 6) is -1.97. The molecule has 0 aliphatic carbocycles. The summed E-state index contributed by atoms with van der Waals surface area (Å²) in [5.41, 5.74) is 3.31. The van der Waals surface area contributed by atoms with Gasteiger partial charge in [0.2, 0.25) is 5.82 Å². The first-order valence-corrected chi connectivity index (χ1v) is 9.77. The summed E-state index contributed by atoms with van der Waals surface area (Å²) in [6.45, 7) is -1.60. The number of nitrogens with zero attached hydrogens (tertiary/aromatic N) is 3. The third-order valence-corrected chi connectivity index (χ3v) is 4.77. The van der Waals surface area contributed by atoms with Gasteiger partial charge in [0.1, 0.15) is 0 Å². The summed E-state index contributed by atoms with van der Waals surface area (Å²) in [5, 5.41) is 11.5. The number of hydrogen-bond donors (Lipinski definition) is 3. The van der Waals surface area contributed by atoms with E-state index in [0.29, 0.717) is 6.20 Å². The molecule has 0 bridgehead atoms. The number of nitrogens with one attached hydrogen (secondary N) is 1. The zero-order chi connectivity index (χ0) is 26.0. The number of aromatic nitrogens is 3. The lowest BCUT2D eigenvalue weighted by Gasteiger charge is -2.18. The van der Waals surface area contributed by atoms with E-state index in [9.17, 15) is 41.0 Å². The third-order valence-electron chi connectivity index (χ3n) is 4.77. The number of fused-ring (bicyclic) bond motifs is 1. The van der Waals surface area contributed by atoms with Crippen LogP contribution in [0.1, 0.15) is 33.1 Å². The van der Waals surface area contributed by atoms with Crippen LogP contribution in [-0.4, -0.2) is 56.9 Å². The van der Waals surface area contributed by atoms with Gasteiger partial charge in [-0.25, -0.2) is 4.98 Å². The summed E-state index contributed by atoms with van der Waals surface area (Å²) in [4.78, 5) is 31.1. The van der Waals surface area contributed by atoms with Crippen LogP contribution >= 0.6 is 0 Å². The van der Waals surface area contributed by atoms with Crippen LogP contribution in [-0.2, 0) is 10.9 Å². The first-order chi connectivity index (χ1) is 16.3. The van der Waals surface area contributed by atoms with E-state index in [4.69, 9.17) is 5.73 Å². The van der Waals surface area contributed by atoms with E-state index in [1.54, 1.807) is 0 Å². The van der Waals surface area contributed by atoms with Gasteiger partial charge in [-0.2, -0.15) is 13.2 Å². The first kappa shape index (κ1) is 25.9. The van der Waals surface area contributed by atoms with Gasteiger partial charge < -0.3 is 16.2 Å². The fraction of sp³-hybridized carbons (Fsp3) is 0.300. The van der Waals surface area contributed by atoms with Crippen molar-refractivity contribution < 1.29 is 45.8 Å². The Kier molecular flexibility index (Phi) is 7.30. The highest BCUT2D eigenvalue weighted by atomic mass is 19.4. The lowest BCUT2D eigenvalue weighted by atomic mass is 10.0. The fourth-order valence-electron chi connectivity index (χ4n) is 3.18. The molecule has 3 heterocycles. The topological polar surface area (TPSA) is 132 Å². The van der Waals surface area contributed by atoms with Gasteiger partial charge in [-0.15, -0.1) is 13.2 Å². The Bertz CT molecular complexity index is 1240. The average molecular weight is 505 g/mol. The number of nitrogens with two attached hydrogens (primary N) is 1. The zero-order valence-electron chi connectivity index (χ0n) is 17.5. The third kappa shape index (κ3) is 6.24. The summed E-state index contributed by atoms with van der Waals surface area (Å²) >= 11 is 0. The van der Waals surface area contributed by atoms with E-state index in [-0.39, 0.29) is 22.5 Å². The maximum absolute atomic E-state index is 13.6. The van der Waals surface area contributed by atoms with Crippen molar-refractivity contribution in [2.75, 3.05) is 13.2 Å². The van der Waals surface area contributed by atoms with Crippen molar-refractivity contribution in [2.24, 2.45) is 5.73 Å². The highest BCUT2D eigenvalue weighted by molar-refractivity contribution is 5.95. The minimum atomic E-state index is -4.90. The maximum Gasteiger partial charge on any atom is 0.522 e. The molecule has 0 fully saturated rings. The molecule has 4 N–H and O–H groups in total. The number of hydrogen-bond acceptors (Lipinski definition) is 6. The Morgan fingerprint density at radius 2 is 1.86 bits per heavy atom. The number of carbonyl (C=O) groups excluding carboxylic acids is 2. The number of aliphatic hydroxyl groups excluding tert-OH is 1.